The molecular formula is C16H23ClN2O3. The maximum Gasteiger partial charge on any atom is 0.407 e. The number of amides is 2. The predicted octanol–water partition coefficient (Wildman–Crippen LogP) is 3.29. The van der Waals surface area contributed by atoms with Gasteiger partial charge in [-0.15, -0.1) is 0 Å². The molecule has 0 aliphatic rings. The normalized spacial score (nSPS) is 13.4. The fraction of sp³-hybridized carbons (Fsp3) is 0.500. The largest absolute Gasteiger partial charge is 0.450 e. The van der Waals surface area contributed by atoms with Gasteiger partial charge < -0.3 is 15.4 Å². The zero-order valence-electron chi connectivity index (χ0n) is 13.4. The van der Waals surface area contributed by atoms with Gasteiger partial charge in [-0.1, -0.05) is 37.6 Å². The number of alkyl carbamates (subject to hydrolysis) is 1. The Hall–Kier alpha value is -1.75. The highest BCUT2D eigenvalue weighted by atomic mass is 35.5. The molecule has 6 heteroatoms. The van der Waals surface area contributed by atoms with Gasteiger partial charge in [-0.25, -0.2) is 4.79 Å². The van der Waals surface area contributed by atoms with Gasteiger partial charge in [0.15, 0.2) is 0 Å². The van der Waals surface area contributed by atoms with Crippen LogP contribution in [0.3, 0.4) is 0 Å². The second-order valence-corrected chi connectivity index (χ2v) is 5.80. The van der Waals surface area contributed by atoms with Gasteiger partial charge in [-0.3, -0.25) is 4.79 Å². The van der Waals surface area contributed by atoms with Gasteiger partial charge in [0, 0.05) is 5.02 Å². The van der Waals surface area contributed by atoms with E-state index in [0.717, 1.165) is 5.56 Å². The van der Waals surface area contributed by atoms with Crippen LogP contribution < -0.4 is 10.6 Å². The van der Waals surface area contributed by atoms with E-state index in [1.807, 2.05) is 32.9 Å². The summed E-state index contributed by atoms with van der Waals surface area (Å²) in [5.41, 5.74) is 0.941. The monoisotopic (exact) mass is 326 g/mol. The van der Waals surface area contributed by atoms with Crippen molar-refractivity contribution in [2.24, 2.45) is 5.92 Å². The number of carbonyl (C=O) groups is 2. The van der Waals surface area contributed by atoms with Gasteiger partial charge in [0.05, 0.1) is 12.6 Å². The summed E-state index contributed by atoms with van der Waals surface area (Å²) in [6.07, 6.45) is -0.588. The lowest BCUT2D eigenvalue weighted by molar-refractivity contribution is -0.124. The summed E-state index contributed by atoms with van der Waals surface area (Å²) in [4.78, 5) is 23.9. The zero-order valence-corrected chi connectivity index (χ0v) is 14.1. The van der Waals surface area contributed by atoms with Crippen LogP contribution in [0.2, 0.25) is 5.02 Å². The van der Waals surface area contributed by atoms with Crippen molar-refractivity contribution in [3.8, 4) is 0 Å². The first-order valence-corrected chi connectivity index (χ1v) is 7.72. The Morgan fingerprint density at radius 3 is 2.23 bits per heavy atom. The van der Waals surface area contributed by atoms with E-state index in [0.29, 0.717) is 5.02 Å². The van der Waals surface area contributed by atoms with E-state index in [2.05, 4.69) is 10.6 Å². The first-order chi connectivity index (χ1) is 10.3. The van der Waals surface area contributed by atoms with Crippen LogP contribution in [-0.4, -0.2) is 24.6 Å². The number of hydrogen-bond donors (Lipinski definition) is 2. The van der Waals surface area contributed by atoms with Crippen molar-refractivity contribution < 1.29 is 14.3 Å². The SMILES string of the molecule is CCOC(=O)N[C@H](C(=O)N[C@@H](C)c1ccc(Cl)cc1)C(C)C. The van der Waals surface area contributed by atoms with Gasteiger partial charge in [0.2, 0.25) is 5.91 Å². The maximum atomic E-state index is 12.4. The molecule has 2 N–H and O–H groups in total. The molecule has 0 fully saturated rings. The van der Waals surface area contributed by atoms with Crippen molar-refractivity contribution in [2.75, 3.05) is 6.61 Å². The van der Waals surface area contributed by atoms with Crippen LogP contribution >= 0.6 is 11.6 Å². The van der Waals surface area contributed by atoms with Crippen molar-refractivity contribution >= 4 is 23.6 Å². The molecule has 0 aliphatic carbocycles. The molecule has 122 valence electrons. The van der Waals surface area contributed by atoms with Crippen LogP contribution in [-0.2, 0) is 9.53 Å². The molecule has 0 saturated heterocycles. The second-order valence-electron chi connectivity index (χ2n) is 5.37. The maximum absolute atomic E-state index is 12.4. The van der Waals surface area contributed by atoms with Crippen LogP contribution in [0.1, 0.15) is 39.3 Å². The lowest BCUT2D eigenvalue weighted by Crippen LogP contribution is -2.50. The summed E-state index contributed by atoms with van der Waals surface area (Å²) in [6.45, 7) is 7.59. The van der Waals surface area contributed by atoms with E-state index >= 15 is 0 Å². The fourth-order valence-corrected chi connectivity index (χ4v) is 2.10. The summed E-state index contributed by atoms with van der Waals surface area (Å²) >= 11 is 5.85. The van der Waals surface area contributed by atoms with E-state index in [1.54, 1.807) is 19.1 Å². The molecule has 5 nitrogen and oxygen atoms in total. The van der Waals surface area contributed by atoms with E-state index < -0.39 is 12.1 Å². The van der Waals surface area contributed by atoms with E-state index in [1.165, 1.54) is 0 Å². The predicted molar refractivity (Wildman–Crippen MR) is 86.8 cm³/mol. The van der Waals surface area contributed by atoms with E-state index in [4.69, 9.17) is 16.3 Å². The molecule has 0 spiro atoms. The fourth-order valence-electron chi connectivity index (χ4n) is 1.97. The van der Waals surface area contributed by atoms with Gasteiger partial charge in [-0.05, 0) is 37.5 Å². The minimum atomic E-state index is -0.645. The average Bonchev–Trinajstić information content (AvgIpc) is 2.45. The number of rotatable bonds is 6. The molecule has 0 unspecified atom stereocenters. The molecule has 0 bridgehead atoms. The van der Waals surface area contributed by atoms with Crippen LogP contribution in [0.5, 0.6) is 0 Å². The third-order valence-corrected chi connectivity index (χ3v) is 3.48. The average molecular weight is 327 g/mol. The van der Waals surface area contributed by atoms with Gasteiger partial charge >= 0.3 is 6.09 Å². The Morgan fingerprint density at radius 2 is 1.73 bits per heavy atom. The van der Waals surface area contributed by atoms with Crippen LogP contribution in [0.4, 0.5) is 4.79 Å². The van der Waals surface area contributed by atoms with Crippen LogP contribution in [0, 0.1) is 5.92 Å². The van der Waals surface area contributed by atoms with Gasteiger partial charge in [0.25, 0.3) is 0 Å². The Bertz CT molecular complexity index is 503. The molecule has 2 atom stereocenters. The van der Waals surface area contributed by atoms with Crippen molar-refractivity contribution in [1.29, 1.82) is 0 Å². The number of benzene rings is 1. The van der Waals surface area contributed by atoms with E-state index in [9.17, 15) is 9.59 Å². The Balaban J connectivity index is 2.70. The summed E-state index contributed by atoms with van der Waals surface area (Å²) in [5, 5.41) is 6.13. The number of ether oxygens (including phenoxy) is 1. The molecule has 0 radical (unpaired) electrons. The summed E-state index contributed by atoms with van der Waals surface area (Å²) in [6, 6.07) is 6.43. The van der Waals surface area contributed by atoms with Crippen molar-refractivity contribution in [1.82, 2.24) is 10.6 Å². The molecule has 22 heavy (non-hydrogen) atoms. The quantitative estimate of drug-likeness (QED) is 0.843. The molecule has 1 aromatic carbocycles. The number of hydrogen-bond acceptors (Lipinski definition) is 3. The Kier molecular flexibility index (Phi) is 7.18. The third kappa shape index (κ3) is 5.56. The minimum Gasteiger partial charge on any atom is -0.450 e. The second kappa shape index (κ2) is 8.63. The summed E-state index contributed by atoms with van der Waals surface area (Å²) < 4.78 is 4.83. The summed E-state index contributed by atoms with van der Waals surface area (Å²) in [7, 11) is 0. The molecule has 1 aromatic rings. The smallest absolute Gasteiger partial charge is 0.407 e. The number of halogens is 1. The topological polar surface area (TPSA) is 67.4 Å². The van der Waals surface area contributed by atoms with Crippen molar-refractivity contribution in [3.63, 3.8) is 0 Å². The van der Waals surface area contributed by atoms with Crippen molar-refractivity contribution in [3.05, 3.63) is 34.9 Å². The van der Waals surface area contributed by atoms with Gasteiger partial charge in [0.1, 0.15) is 6.04 Å². The molecule has 0 aromatic heterocycles. The number of nitrogens with one attached hydrogen (secondary N) is 2. The lowest BCUT2D eigenvalue weighted by Gasteiger charge is -2.23. The Morgan fingerprint density at radius 1 is 1.14 bits per heavy atom. The highest BCUT2D eigenvalue weighted by Gasteiger charge is 2.25. The highest BCUT2D eigenvalue weighted by Crippen LogP contribution is 2.16. The first-order valence-electron chi connectivity index (χ1n) is 7.34. The highest BCUT2D eigenvalue weighted by molar-refractivity contribution is 6.30. The van der Waals surface area contributed by atoms with Crippen molar-refractivity contribution in [2.45, 2.75) is 39.8 Å². The zero-order chi connectivity index (χ0) is 16.7. The molecule has 0 heterocycles. The number of carbonyl (C=O) groups excluding carboxylic acids is 2. The first kappa shape index (κ1) is 18.3. The van der Waals surface area contributed by atoms with Gasteiger partial charge in [-0.2, -0.15) is 0 Å². The molecule has 2 amide bonds. The Labute approximate surface area is 136 Å². The molecule has 0 aliphatic heterocycles. The lowest BCUT2D eigenvalue weighted by atomic mass is 10.0. The minimum absolute atomic E-state index is 0.0539. The summed E-state index contributed by atoms with van der Waals surface area (Å²) in [5.74, 6) is -0.299. The standard InChI is InChI=1S/C16H23ClN2O3/c1-5-22-16(21)19-14(10(2)3)15(20)18-11(4)12-6-8-13(17)9-7-12/h6-11,14H,5H2,1-4H3,(H,18,20)(H,19,21)/t11-,14-/m0/s1. The molecule has 0 saturated carbocycles. The third-order valence-electron chi connectivity index (χ3n) is 3.23. The molecule has 1 rings (SSSR count). The van der Waals surface area contributed by atoms with Crippen LogP contribution in [0.15, 0.2) is 24.3 Å². The van der Waals surface area contributed by atoms with Crippen LogP contribution in [0.25, 0.3) is 0 Å². The van der Waals surface area contributed by atoms with E-state index in [-0.39, 0.29) is 24.5 Å². The molecular weight excluding hydrogens is 304 g/mol.